The van der Waals surface area contributed by atoms with Gasteiger partial charge in [-0.15, -0.1) is 0 Å². The molecule has 0 aliphatic heterocycles. The lowest BCUT2D eigenvalue weighted by atomic mass is 10.1. The van der Waals surface area contributed by atoms with Crippen LogP contribution in [0, 0.1) is 13.5 Å². The zero-order valence-corrected chi connectivity index (χ0v) is 15.3. The van der Waals surface area contributed by atoms with Crippen molar-refractivity contribution >= 4 is 32.8 Å². The van der Waals surface area contributed by atoms with E-state index in [1.807, 2.05) is 19.1 Å². The van der Waals surface area contributed by atoms with E-state index < -0.39 is 9.84 Å². The van der Waals surface area contributed by atoms with Gasteiger partial charge in [-0.25, -0.2) is 18.2 Å². The number of benzene rings is 1. The number of aryl methyl sites for hydroxylation is 1. The number of sulfone groups is 1. The largest absolute Gasteiger partial charge is 0.326 e. The van der Waals surface area contributed by atoms with Crippen LogP contribution in [-0.2, 0) is 14.6 Å². The predicted molar refractivity (Wildman–Crippen MR) is 98.0 cm³/mol. The fourth-order valence-corrected chi connectivity index (χ4v) is 3.33. The van der Waals surface area contributed by atoms with Crippen molar-refractivity contribution in [1.82, 2.24) is 14.6 Å². The lowest BCUT2D eigenvalue weighted by Crippen LogP contribution is -2.10. The average molecular weight is 371 g/mol. The standard InChI is InChI=1S/C17H17N5O3S/c1-5-14(23)19-12-8-11(7-6-10(12)2)16-20-17-15(18-3)13(26(4,24)25)9-22(17)21-16/h6-9H,5H2,1-2,4H3,(H,19,23)(H,20,21). The Bertz CT molecular complexity index is 1170. The smallest absolute Gasteiger partial charge is 0.250 e. The molecule has 0 unspecified atom stereocenters. The maximum Gasteiger partial charge on any atom is 0.250 e. The van der Waals surface area contributed by atoms with Crippen LogP contribution in [0.2, 0.25) is 0 Å². The maximum atomic E-state index is 11.8. The first-order valence-corrected chi connectivity index (χ1v) is 9.73. The van der Waals surface area contributed by atoms with Crippen molar-refractivity contribution in [3.05, 3.63) is 41.4 Å². The summed E-state index contributed by atoms with van der Waals surface area (Å²) >= 11 is 0. The molecule has 0 radical (unpaired) electrons. The topological polar surface area (TPSA) is 101 Å². The fraction of sp³-hybridized carbons (Fsp3) is 0.235. The Morgan fingerprint density at radius 3 is 2.77 bits per heavy atom. The number of carbonyl (C=O) groups is 1. The summed E-state index contributed by atoms with van der Waals surface area (Å²) in [5.41, 5.74) is 2.53. The highest BCUT2D eigenvalue weighted by atomic mass is 32.2. The number of amides is 1. The first kappa shape index (κ1) is 17.7. The van der Waals surface area contributed by atoms with E-state index in [9.17, 15) is 13.2 Å². The van der Waals surface area contributed by atoms with Gasteiger partial charge in [0.2, 0.25) is 11.6 Å². The molecule has 0 spiro atoms. The number of hydrogen-bond acceptors (Lipinski definition) is 4. The lowest BCUT2D eigenvalue weighted by molar-refractivity contribution is -0.115. The van der Waals surface area contributed by atoms with Crippen molar-refractivity contribution in [2.45, 2.75) is 25.2 Å². The second-order valence-corrected chi connectivity index (χ2v) is 7.91. The third-order valence-electron chi connectivity index (χ3n) is 3.98. The van der Waals surface area contributed by atoms with Crippen LogP contribution in [0.25, 0.3) is 21.9 Å². The van der Waals surface area contributed by atoms with Gasteiger partial charge in [0.25, 0.3) is 0 Å². The van der Waals surface area contributed by atoms with Gasteiger partial charge in [-0.05, 0) is 18.6 Å². The van der Waals surface area contributed by atoms with Crippen molar-refractivity contribution in [1.29, 1.82) is 0 Å². The highest BCUT2D eigenvalue weighted by Crippen LogP contribution is 2.32. The van der Waals surface area contributed by atoms with E-state index in [0.29, 0.717) is 23.5 Å². The zero-order chi connectivity index (χ0) is 19.1. The molecule has 0 saturated heterocycles. The number of aromatic nitrogens is 3. The van der Waals surface area contributed by atoms with E-state index in [1.165, 1.54) is 10.7 Å². The minimum atomic E-state index is -3.53. The van der Waals surface area contributed by atoms with E-state index in [2.05, 4.69) is 20.2 Å². The maximum absolute atomic E-state index is 11.8. The van der Waals surface area contributed by atoms with Crippen LogP contribution < -0.4 is 5.32 Å². The SMILES string of the molecule is [C-]#[N+]c1c(S(C)(=O)=O)cn2[nH]c(-c3ccc(C)c(NC(=O)CC)c3)nc12. The monoisotopic (exact) mass is 371 g/mol. The Hall–Kier alpha value is -3.12. The fourth-order valence-electron chi connectivity index (χ4n) is 2.55. The average Bonchev–Trinajstić information content (AvgIpc) is 3.13. The Morgan fingerprint density at radius 2 is 2.15 bits per heavy atom. The molecule has 0 aliphatic carbocycles. The minimum absolute atomic E-state index is 0.0124. The summed E-state index contributed by atoms with van der Waals surface area (Å²) in [6.45, 7) is 10.9. The number of carbonyl (C=O) groups excluding carboxylic acids is 1. The highest BCUT2D eigenvalue weighted by molar-refractivity contribution is 7.90. The third-order valence-corrected chi connectivity index (χ3v) is 5.08. The molecule has 0 fully saturated rings. The molecular weight excluding hydrogens is 354 g/mol. The number of fused-ring (bicyclic) bond motifs is 1. The Labute approximate surface area is 150 Å². The quantitative estimate of drug-likeness (QED) is 0.689. The molecule has 0 bridgehead atoms. The number of nitrogens with one attached hydrogen (secondary N) is 2. The highest BCUT2D eigenvalue weighted by Gasteiger charge is 2.22. The van der Waals surface area contributed by atoms with Gasteiger partial charge in [0.15, 0.2) is 21.3 Å². The first-order valence-electron chi connectivity index (χ1n) is 7.84. The predicted octanol–water partition coefficient (Wildman–Crippen LogP) is 2.94. The molecular formula is C17H17N5O3S. The first-order chi connectivity index (χ1) is 12.2. The summed E-state index contributed by atoms with van der Waals surface area (Å²) in [5.74, 6) is 0.378. The van der Waals surface area contributed by atoms with E-state index >= 15 is 0 Å². The van der Waals surface area contributed by atoms with Gasteiger partial charge in [-0.1, -0.05) is 19.1 Å². The van der Waals surface area contributed by atoms with Gasteiger partial charge >= 0.3 is 0 Å². The van der Waals surface area contributed by atoms with Crippen LogP contribution in [-0.4, -0.2) is 35.2 Å². The molecule has 3 aromatic rings. The Balaban J connectivity index is 2.10. The van der Waals surface area contributed by atoms with E-state index in [-0.39, 0.29) is 22.1 Å². The van der Waals surface area contributed by atoms with Gasteiger partial charge in [-0.2, -0.15) is 0 Å². The van der Waals surface area contributed by atoms with Crippen molar-refractivity contribution in [3.63, 3.8) is 0 Å². The summed E-state index contributed by atoms with van der Waals surface area (Å²) in [6.07, 6.45) is 2.78. The number of hydrogen-bond donors (Lipinski definition) is 2. The zero-order valence-electron chi connectivity index (χ0n) is 14.5. The number of aromatic amines is 1. The van der Waals surface area contributed by atoms with Crippen LogP contribution in [0.1, 0.15) is 18.9 Å². The molecule has 0 aliphatic rings. The molecule has 26 heavy (non-hydrogen) atoms. The minimum Gasteiger partial charge on any atom is -0.326 e. The van der Waals surface area contributed by atoms with Gasteiger partial charge in [-0.3, -0.25) is 14.4 Å². The molecule has 134 valence electrons. The third kappa shape index (κ3) is 3.07. The van der Waals surface area contributed by atoms with Crippen LogP contribution in [0.15, 0.2) is 29.3 Å². The summed E-state index contributed by atoms with van der Waals surface area (Å²) in [7, 11) is -3.53. The van der Waals surface area contributed by atoms with E-state index in [4.69, 9.17) is 6.57 Å². The summed E-state index contributed by atoms with van der Waals surface area (Å²) in [6, 6.07) is 5.48. The molecule has 0 saturated carbocycles. The molecule has 3 rings (SSSR count). The van der Waals surface area contributed by atoms with Gasteiger partial charge in [0.05, 0.1) is 11.5 Å². The van der Waals surface area contributed by atoms with E-state index in [0.717, 1.165) is 11.8 Å². The van der Waals surface area contributed by atoms with Crippen LogP contribution >= 0.6 is 0 Å². The number of anilines is 1. The number of rotatable bonds is 4. The molecule has 2 N–H and O–H groups in total. The number of nitrogens with zero attached hydrogens (tertiary/aromatic N) is 3. The molecule has 2 heterocycles. The molecule has 2 aromatic heterocycles. The Kier molecular flexibility index (Phi) is 4.29. The van der Waals surface area contributed by atoms with Gasteiger partial charge in [0, 0.05) is 30.1 Å². The van der Waals surface area contributed by atoms with E-state index in [1.54, 1.807) is 13.0 Å². The van der Waals surface area contributed by atoms with Crippen LogP contribution in [0.3, 0.4) is 0 Å². The summed E-state index contributed by atoms with van der Waals surface area (Å²) in [4.78, 5) is 19.3. The van der Waals surface area contributed by atoms with Gasteiger partial charge < -0.3 is 5.32 Å². The molecule has 0 atom stereocenters. The van der Waals surface area contributed by atoms with Crippen molar-refractivity contribution in [2.75, 3.05) is 11.6 Å². The van der Waals surface area contributed by atoms with Gasteiger partial charge in [0.1, 0.15) is 0 Å². The summed E-state index contributed by atoms with van der Waals surface area (Å²) in [5, 5.41) is 5.81. The second-order valence-electron chi connectivity index (χ2n) is 5.92. The normalized spacial score (nSPS) is 11.5. The second kappa shape index (κ2) is 6.31. The molecule has 8 nitrogen and oxygen atoms in total. The van der Waals surface area contributed by atoms with Crippen molar-refractivity contribution in [3.8, 4) is 11.4 Å². The van der Waals surface area contributed by atoms with Crippen molar-refractivity contribution < 1.29 is 13.2 Å². The Morgan fingerprint density at radius 1 is 1.42 bits per heavy atom. The number of H-pyrrole nitrogens is 1. The van der Waals surface area contributed by atoms with Crippen LogP contribution in [0.5, 0.6) is 0 Å². The molecule has 9 heteroatoms. The lowest BCUT2D eigenvalue weighted by Gasteiger charge is -2.09. The molecule has 1 amide bonds. The molecule has 1 aromatic carbocycles. The van der Waals surface area contributed by atoms with Crippen molar-refractivity contribution in [2.24, 2.45) is 0 Å². The van der Waals surface area contributed by atoms with Crippen LogP contribution in [0.4, 0.5) is 11.4 Å². The summed E-state index contributed by atoms with van der Waals surface area (Å²) < 4.78 is 25.0.